The molecule has 0 fully saturated rings. The van der Waals surface area contributed by atoms with Crippen LogP contribution < -0.4 is 0 Å². The maximum Gasteiger partial charge on any atom is 0.175 e. The maximum atomic E-state index is 13.6. The van der Waals surface area contributed by atoms with Crippen molar-refractivity contribution in [3.8, 4) is 5.69 Å². The van der Waals surface area contributed by atoms with Crippen molar-refractivity contribution < 1.29 is 17.2 Å². The van der Waals surface area contributed by atoms with Gasteiger partial charge in [0.2, 0.25) is 0 Å². The van der Waals surface area contributed by atoms with Crippen molar-refractivity contribution >= 4 is 9.84 Å². The van der Waals surface area contributed by atoms with E-state index in [0.29, 0.717) is 5.69 Å². The van der Waals surface area contributed by atoms with Gasteiger partial charge in [0.25, 0.3) is 0 Å². The number of nitrogens with zero attached hydrogens (tertiary/aromatic N) is 2. The molecule has 0 saturated carbocycles. The highest BCUT2D eigenvalue weighted by molar-refractivity contribution is 7.90. The van der Waals surface area contributed by atoms with Crippen LogP contribution in [0.2, 0.25) is 0 Å². The molecule has 26 heavy (non-hydrogen) atoms. The van der Waals surface area contributed by atoms with Gasteiger partial charge in [0, 0.05) is 29.6 Å². The predicted octanol–water partition coefficient (Wildman–Crippen LogP) is 3.88. The summed E-state index contributed by atoms with van der Waals surface area (Å²) in [5, 5.41) is 0. The highest BCUT2D eigenvalue weighted by Gasteiger charge is 2.28. The molecule has 1 heterocycles. The average Bonchev–Trinajstić information content (AvgIpc) is 3.07. The number of aromatic nitrogens is 2. The fourth-order valence-corrected chi connectivity index (χ4v) is 3.50. The molecule has 4 nitrogen and oxygen atoms in total. The summed E-state index contributed by atoms with van der Waals surface area (Å²) in [6.07, 6.45) is 4.35. The van der Waals surface area contributed by atoms with Crippen LogP contribution >= 0.6 is 0 Å². The zero-order valence-electron chi connectivity index (χ0n) is 14.6. The van der Waals surface area contributed by atoms with E-state index in [1.165, 1.54) is 12.4 Å². The van der Waals surface area contributed by atoms with E-state index in [1.807, 2.05) is 13.8 Å². The van der Waals surface area contributed by atoms with Crippen LogP contribution in [0.3, 0.4) is 0 Å². The fourth-order valence-electron chi connectivity index (χ4n) is 2.86. The van der Waals surface area contributed by atoms with E-state index in [1.54, 1.807) is 35.0 Å². The summed E-state index contributed by atoms with van der Waals surface area (Å²) >= 11 is 0. The fraction of sp³-hybridized carbons (Fsp3) is 0.211. The maximum absolute atomic E-state index is 13.6. The van der Waals surface area contributed by atoms with Crippen molar-refractivity contribution in [2.24, 2.45) is 0 Å². The Hall–Kier alpha value is -2.54. The summed E-state index contributed by atoms with van der Waals surface area (Å²) in [5.74, 6) is -1.84. The Morgan fingerprint density at radius 1 is 1.00 bits per heavy atom. The van der Waals surface area contributed by atoms with Gasteiger partial charge in [-0.3, -0.25) is 0 Å². The summed E-state index contributed by atoms with van der Waals surface area (Å²) in [6.45, 7) is 3.91. The lowest BCUT2D eigenvalue weighted by Crippen LogP contribution is -2.22. The van der Waals surface area contributed by atoms with E-state index in [-0.39, 0.29) is 4.90 Å². The van der Waals surface area contributed by atoms with Crippen molar-refractivity contribution in [3.63, 3.8) is 0 Å². The second-order valence-corrected chi connectivity index (χ2v) is 8.68. The first-order valence-electron chi connectivity index (χ1n) is 7.89. The molecule has 0 aliphatic heterocycles. The molecule has 0 radical (unpaired) electrons. The van der Waals surface area contributed by atoms with Crippen LogP contribution in [0.15, 0.2) is 59.9 Å². The second-order valence-electron chi connectivity index (χ2n) is 6.67. The molecule has 0 bridgehead atoms. The monoisotopic (exact) mass is 376 g/mol. The number of hydrogen-bond acceptors (Lipinski definition) is 3. The third-order valence-electron chi connectivity index (χ3n) is 4.46. The largest absolute Gasteiger partial charge is 0.302 e. The van der Waals surface area contributed by atoms with Gasteiger partial charge in [-0.05, 0) is 29.8 Å². The van der Waals surface area contributed by atoms with Gasteiger partial charge in [-0.1, -0.05) is 26.0 Å². The van der Waals surface area contributed by atoms with E-state index < -0.39 is 26.9 Å². The zero-order valence-corrected chi connectivity index (χ0v) is 15.4. The lowest BCUT2D eigenvalue weighted by Gasteiger charge is -2.27. The lowest BCUT2D eigenvalue weighted by molar-refractivity contribution is 0.507. The van der Waals surface area contributed by atoms with Gasteiger partial charge in [0.15, 0.2) is 21.5 Å². The van der Waals surface area contributed by atoms with E-state index >= 15 is 0 Å². The van der Waals surface area contributed by atoms with Crippen molar-refractivity contribution in [1.29, 1.82) is 0 Å². The van der Waals surface area contributed by atoms with Crippen LogP contribution in [-0.4, -0.2) is 24.2 Å². The normalized spacial score (nSPS) is 12.3. The number of hydrogen-bond donors (Lipinski definition) is 0. The van der Waals surface area contributed by atoms with Crippen molar-refractivity contribution in [2.45, 2.75) is 24.2 Å². The standard InChI is InChI=1S/C19H18F2N2O2S/c1-19(2,13-4-7-15(8-5-13)26(3,24)25)18-11-22-12-23(18)14-6-9-16(20)17(21)10-14/h4-12H,1-3H3. The number of benzene rings is 2. The number of halogens is 2. The highest BCUT2D eigenvalue weighted by atomic mass is 32.2. The highest BCUT2D eigenvalue weighted by Crippen LogP contribution is 2.33. The Balaban J connectivity index is 2.06. The predicted molar refractivity (Wildman–Crippen MR) is 95.2 cm³/mol. The minimum atomic E-state index is -3.27. The molecule has 7 heteroatoms. The van der Waals surface area contributed by atoms with Gasteiger partial charge in [0.1, 0.15) is 0 Å². The van der Waals surface area contributed by atoms with Gasteiger partial charge < -0.3 is 4.57 Å². The van der Waals surface area contributed by atoms with Crippen LogP contribution in [0.1, 0.15) is 25.1 Å². The van der Waals surface area contributed by atoms with Crippen LogP contribution in [0.25, 0.3) is 5.69 Å². The van der Waals surface area contributed by atoms with Crippen LogP contribution in [0.4, 0.5) is 8.78 Å². The number of sulfone groups is 1. The molecule has 0 atom stereocenters. The molecule has 0 amide bonds. The molecule has 136 valence electrons. The summed E-state index contributed by atoms with van der Waals surface area (Å²) in [6, 6.07) is 10.3. The first-order chi connectivity index (χ1) is 12.1. The summed E-state index contributed by atoms with van der Waals surface area (Å²) in [5.41, 5.74) is 1.54. The molecule has 0 unspecified atom stereocenters. The minimum Gasteiger partial charge on any atom is -0.302 e. The summed E-state index contributed by atoms with van der Waals surface area (Å²) in [4.78, 5) is 4.39. The third kappa shape index (κ3) is 3.26. The van der Waals surface area contributed by atoms with Gasteiger partial charge >= 0.3 is 0 Å². The van der Waals surface area contributed by atoms with Crippen LogP contribution in [0, 0.1) is 11.6 Å². The van der Waals surface area contributed by atoms with Crippen molar-refractivity contribution in [2.75, 3.05) is 6.26 Å². The number of imidazole rings is 1. The molecule has 3 rings (SSSR count). The second kappa shape index (κ2) is 6.32. The molecule has 2 aromatic carbocycles. The molecular weight excluding hydrogens is 358 g/mol. The molecule has 0 N–H and O–H groups in total. The average molecular weight is 376 g/mol. The Bertz CT molecular complexity index is 1060. The molecule has 3 aromatic rings. The van der Waals surface area contributed by atoms with Gasteiger partial charge in [0.05, 0.1) is 16.9 Å². The van der Waals surface area contributed by atoms with E-state index in [2.05, 4.69) is 4.98 Å². The molecule has 1 aromatic heterocycles. The third-order valence-corrected chi connectivity index (χ3v) is 5.59. The van der Waals surface area contributed by atoms with Gasteiger partial charge in [-0.2, -0.15) is 0 Å². The Kier molecular flexibility index (Phi) is 4.44. The molecule has 0 spiro atoms. The van der Waals surface area contributed by atoms with Crippen LogP contribution in [0.5, 0.6) is 0 Å². The smallest absolute Gasteiger partial charge is 0.175 e. The quantitative estimate of drug-likeness (QED) is 0.694. The van der Waals surface area contributed by atoms with E-state index in [9.17, 15) is 17.2 Å². The van der Waals surface area contributed by atoms with Crippen molar-refractivity contribution in [1.82, 2.24) is 9.55 Å². The molecule has 0 aliphatic carbocycles. The topological polar surface area (TPSA) is 52.0 Å². The number of rotatable bonds is 4. The van der Waals surface area contributed by atoms with E-state index in [4.69, 9.17) is 0 Å². The van der Waals surface area contributed by atoms with E-state index in [0.717, 1.165) is 29.6 Å². The van der Waals surface area contributed by atoms with Gasteiger partial charge in [-0.15, -0.1) is 0 Å². The Labute approximate surface area is 151 Å². The van der Waals surface area contributed by atoms with Crippen LogP contribution in [-0.2, 0) is 15.3 Å². The Morgan fingerprint density at radius 2 is 1.65 bits per heavy atom. The molecule has 0 saturated heterocycles. The SMILES string of the molecule is CC(C)(c1ccc(S(C)(=O)=O)cc1)c1cncn1-c1ccc(F)c(F)c1. The minimum absolute atomic E-state index is 0.242. The van der Waals surface area contributed by atoms with Crippen molar-refractivity contribution in [3.05, 3.63) is 77.9 Å². The van der Waals surface area contributed by atoms with Gasteiger partial charge in [-0.25, -0.2) is 22.2 Å². The summed E-state index contributed by atoms with van der Waals surface area (Å²) in [7, 11) is -3.27. The first-order valence-corrected chi connectivity index (χ1v) is 9.78. The Morgan fingerprint density at radius 3 is 2.23 bits per heavy atom. The summed E-state index contributed by atoms with van der Waals surface area (Å²) < 4.78 is 51.8. The zero-order chi connectivity index (χ0) is 19.1. The first kappa shape index (κ1) is 18.3. The lowest BCUT2D eigenvalue weighted by atomic mass is 9.81. The molecule has 0 aliphatic rings. The molecular formula is C19H18F2N2O2S.